The molecule has 154 valence electrons. The standard InChI is InChI=1S/C20H17FN4O4S/c1-3-4-17(26)16-8-6-14-18(30(28,29)24-16)11-25(2)19(14)20(27)23-13-5-7-15(21)12(9-13)10-22/h5-9,11,16-17,24,26H,1-2H3,(H,23,27). The van der Waals surface area contributed by atoms with Crippen molar-refractivity contribution in [3.05, 3.63) is 53.1 Å². The van der Waals surface area contributed by atoms with Crippen molar-refractivity contribution in [3.63, 3.8) is 0 Å². The van der Waals surface area contributed by atoms with E-state index in [2.05, 4.69) is 21.9 Å². The van der Waals surface area contributed by atoms with Gasteiger partial charge in [-0.15, -0.1) is 5.92 Å². The average Bonchev–Trinajstić information content (AvgIpc) is 2.97. The fourth-order valence-corrected chi connectivity index (χ4v) is 4.49. The van der Waals surface area contributed by atoms with Gasteiger partial charge in [-0.3, -0.25) is 4.79 Å². The van der Waals surface area contributed by atoms with Gasteiger partial charge in [-0.25, -0.2) is 17.5 Å². The van der Waals surface area contributed by atoms with Gasteiger partial charge in [0.25, 0.3) is 5.91 Å². The van der Waals surface area contributed by atoms with Crippen LogP contribution >= 0.6 is 0 Å². The van der Waals surface area contributed by atoms with E-state index in [1.165, 1.54) is 49.0 Å². The Hall–Kier alpha value is -3.44. The Morgan fingerprint density at radius 1 is 1.43 bits per heavy atom. The van der Waals surface area contributed by atoms with Crippen molar-refractivity contribution in [1.82, 2.24) is 9.29 Å². The molecule has 2 atom stereocenters. The molecule has 2 aromatic rings. The number of anilines is 1. The van der Waals surface area contributed by atoms with Gasteiger partial charge in [0.1, 0.15) is 28.6 Å². The molecule has 0 saturated heterocycles. The number of aromatic nitrogens is 1. The maximum atomic E-state index is 13.5. The van der Waals surface area contributed by atoms with Crippen LogP contribution in [0.3, 0.4) is 0 Å². The molecule has 0 spiro atoms. The molecule has 1 aromatic heterocycles. The lowest BCUT2D eigenvalue weighted by Crippen LogP contribution is -2.40. The number of aryl methyl sites for hydroxylation is 1. The summed E-state index contributed by atoms with van der Waals surface area (Å²) in [7, 11) is -2.54. The van der Waals surface area contributed by atoms with E-state index in [0.29, 0.717) is 0 Å². The van der Waals surface area contributed by atoms with Crippen LogP contribution < -0.4 is 10.0 Å². The number of benzene rings is 1. The van der Waals surface area contributed by atoms with Gasteiger partial charge in [-0.05, 0) is 25.1 Å². The highest BCUT2D eigenvalue weighted by Crippen LogP contribution is 2.27. The molecule has 0 bridgehead atoms. The zero-order valence-electron chi connectivity index (χ0n) is 16.0. The maximum absolute atomic E-state index is 13.5. The van der Waals surface area contributed by atoms with Crippen molar-refractivity contribution in [2.24, 2.45) is 7.05 Å². The summed E-state index contributed by atoms with van der Waals surface area (Å²) in [6.45, 7) is 1.52. The quantitative estimate of drug-likeness (QED) is 0.637. The van der Waals surface area contributed by atoms with Crippen molar-refractivity contribution in [1.29, 1.82) is 5.26 Å². The van der Waals surface area contributed by atoms with Gasteiger partial charge in [-0.2, -0.15) is 5.26 Å². The van der Waals surface area contributed by atoms with Crippen molar-refractivity contribution >= 4 is 27.7 Å². The molecule has 2 unspecified atom stereocenters. The SMILES string of the molecule is CC#CC(O)C1C=Cc2c(cn(C)c2C(=O)Nc2ccc(F)c(C#N)c2)S(=O)(=O)N1. The summed E-state index contributed by atoms with van der Waals surface area (Å²) in [5, 5.41) is 21.5. The monoisotopic (exact) mass is 428 g/mol. The molecule has 1 aromatic carbocycles. The highest BCUT2D eigenvalue weighted by atomic mass is 32.2. The first kappa shape index (κ1) is 21.3. The van der Waals surface area contributed by atoms with Gasteiger partial charge in [0.2, 0.25) is 10.0 Å². The Morgan fingerprint density at radius 3 is 2.83 bits per heavy atom. The van der Waals surface area contributed by atoms with Crippen LogP contribution in [0.5, 0.6) is 0 Å². The number of carbonyl (C=O) groups is 1. The van der Waals surface area contributed by atoms with E-state index >= 15 is 0 Å². The normalized spacial score (nSPS) is 17.6. The van der Waals surface area contributed by atoms with Gasteiger partial charge in [0, 0.05) is 24.5 Å². The van der Waals surface area contributed by atoms with Crippen molar-refractivity contribution in [2.45, 2.75) is 24.0 Å². The van der Waals surface area contributed by atoms with Crippen LogP contribution in [0.1, 0.15) is 28.5 Å². The van der Waals surface area contributed by atoms with E-state index < -0.39 is 33.9 Å². The fraction of sp³-hybridized carbons (Fsp3) is 0.200. The molecular formula is C20H17FN4O4S. The number of fused-ring (bicyclic) bond motifs is 1. The number of sulfonamides is 1. The predicted molar refractivity (Wildman–Crippen MR) is 107 cm³/mol. The summed E-state index contributed by atoms with van der Waals surface area (Å²) in [5.74, 6) is 3.63. The second-order valence-electron chi connectivity index (χ2n) is 6.47. The largest absolute Gasteiger partial charge is 0.378 e. The smallest absolute Gasteiger partial charge is 0.272 e. The Labute approximate surface area is 172 Å². The second kappa shape index (κ2) is 8.13. The van der Waals surface area contributed by atoms with Crippen LogP contribution in [0, 0.1) is 29.0 Å². The van der Waals surface area contributed by atoms with Crippen LogP contribution in [-0.4, -0.2) is 36.1 Å². The van der Waals surface area contributed by atoms with Crippen LogP contribution in [-0.2, 0) is 17.1 Å². The van der Waals surface area contributed by atoms with E-state index in [1.54, 1.807) is 6.07 Å². The van der Waals surface area contributed by atoms with E-state index in [0.717, 1.165) is 6.07 Å². The Balaban J connectivity index is 2.02. The van der Waals surface area contributed by atoms with Crippen LogP contribution in [0.25, 0.3) is 6.08 Å². The molecule has 0 fully saturated rings. The number of nitrogens with zero attached hydrogens (tertiary/aromatic N) is 2. The zero-order valence-corrected chi connectivity index (χ0v) is 16.8. The minimum atomic E-state index is -4.05. The number of rotatable bonds is 3. The fourth-order valence-electron chi connectivity index (χ4n) is 3.04. The van der Waals surface area contributed by atoms with Crippen molar-refractivity contribution in [2.75, 3.05) is 5.32 Å². The molecule has 0 radical (unpaired) electrons. The molecule has 30 heavy (non-hydrogen) atoms. The molecule has 1 aliphatic rings. The molecule has 0 aliphatic carbocycles. The summed E-state index contributed by atoms with van der Waals surface area (Å²) in [6.07, 6.45) is 2.86. The number of hydrogen-bond donors (Lipinski definition) is 3. The first-order chi connectivity index (χ1) is 14.2. The van der Waals surface area contributed by atoms with E-state index in [9.17, 15) is 22.7 Å². The lowest BCUT2D eigenvalue weighted by Gasteiger charge is -2.15. The summed E-state index contributed by atoms with van der Waals surface area (Å²) < 4.78 is 42.7. The first-order valence-electron chi connectivity index (χ1n) is 8.69. The molecule has 1 amide bonds. The molecule has 3 rings (SSSR count). The lowest BCUT2D eigenvalue weighted by atomic mass is 10.1. The summed E-state index contributed by atoms with van der Waals surface area (Å²) in [4.78, 5) is 12.7. The lowest BCUT2D eigenvalue weighted by molar-refractivity contribution is 0.101. The molecule has 0 saturated carbocycles. The number of nitrogens with one attached hydrogen (secondary N) is 2. The predicted octanol–water partition coefficient (Wildman–Crippen LogP) is 1.35. The van der Waals surface area contributed by atoms with E-state index in [1.807, 2.05) is 0 Å². The first-order valence-corrected chi connectivity index (χ1v) is 10.2. The highest BCUT2D eigenvalue weighted by molar-refractivity contribution is 7.89. The number of aliphatic hydroxyl groups excluding tert-OH is 1. The van der Waals surface area contributed by atoms with Gasteiger partial charge >= 0.3 is 0 Å². The average molecular weight is 428 g/mol. The van der Waals surface area contributed by atoms with Crippen LogP contribution in [0.2, 0.25) is 0 Å². The minimum absolute atomic E-state index is 0.0335. The number of halogens is 1. The second-order valence-corrected chi connectivity index (χ2v) is 8.15. The number of aliphatic hydroxyl groups is 1. The van der Waals surface area contributed by atoms with Crippen LogP contribution in [0.15, 0.2) is 35.4 Å². The van der Waals surface area contributed by atoms with Crippen LogP contribution in [0.4, 0.5) is 10.1 Å². The number of carbonyl (C=O) groups excluding carboxylic acids is 1. The summed E-state index contributed by atoms with van der Waals surface area (Å²) in [6, 6.07) is 4.21. The Bertz CT molecular complexity index is 1260. The number of amides is 1. The molecule has 1 aliphatic heterocycles. The molecule has 8 nitrogen and oxygen atoms in total. The Morgan fingerprint density at radius 2 is 2.17 bits per heavy atom. The van der Waals surface area contributed by atoms with E-state index in [4.69, 9.17) is 5.26 Å². The van der Waals surface area contributed by atoms with Crippen molar-refractivity contribution in [3.8, 4) is 17.9 Å². The van der Waals surface area contributed by atoms with Gasteiger partial charge in [0.15, 0.2) is 0 Å². The molecule has 3 N–H and O–H groups in total. The highest BCUT2D eigenvalue weighted by Gasteiger charge is 2.32. The number of hydrogen-bond acceptors (Lipinski definition) is 5. The topological polar surface area (TPSA) is 124 Å². The van der Waals surface area contributed by atoms with E-state index in [-0.39, 0.29) is 27.4 Å². The van der Waals surface area contributed by atoms with Gasteiger partial charge in [-0.1, -0.05) is 18.1 Å². The molecule has 2 heterocycles. The zero-order chi connectivity index (χ0) is 22.1. The summed E-state index contributed by atoms with van der Waals surface area (Å²) in [5.41, 5.74) is 0.104. The molecule has 10 heteroatoms. The molecular weight excluding hydrogens is 411 g/mol. The minimum Gasteiger partial charge on any atom is -0.378 e. The number of nitriles is 1. The van der Waals surface area contributed by atoms with Crippen molar-refractivity contribution < 1.29 is 22.7 Å². The third-order valence-corrected chi connectivity index (χ3v) is 5.91. The third-order valence-electron chi connectivity index (χ3n) is 4.43. The van der Waals surface area contributed by atoms with Gasteiger partial charge in [0.05, 0.1) is 11.6 Å². The van der Waals surface area contributed by atoms with Gasteiger partial charge < -0.3 is 15.0 Å². The summed E-state index contributed by atoms with van der Waals surface area (Å²) >= 11 is 0. The third kappa shape index (κ3) is 3.98. The maximum Gasteiger partial charge on any atom is 0.272 e. The Kier molecular flexibility index (Phi) is 5.76.